The summed E-state index contributed by atoms with van der Waals surface area (Å²) in [7, 11) is 1.46. The summed E-state index contributed by atoms with van der Waals surface area (Å²) in [6.45, 7) is 2.32. The van der Waals surface area contributed by atoms with E-state index in [1.807, 2.05) is 6.92 Å². The van der Waals surface area contributed by atoms with Crippen LogP contribution in [0.5, 0.6) is 5.88 Å². The number of methoxy groups -OCH3 is 1. The average Bonchev–Trinajstić information content (AvgIpc) is 2.35. The zero-order valence-electron chi connectivity index (χ0n) is 9.84. The van der Waals surface area contributed by atoms with E-state index in [0.29, 0.717) is 12.4 Å². The van der Waals surface area contributed by atoms with E-state index >= 15 is 0 Å². The largest absolute Gasteiger partial charge is 0.481 e. The maximum Gasteiger partial charge on any atom is 0.311 e. The fraction of sp³-hybridized carbons (Fsp3) is 0.500. The SMILES string of the molecule is CCC(CN)Nc1nc(OC)ccc1[N+](=O)[O-]. The molecule has 0 aliphatic heterocycles. The normalized spacial score (nSPS) is 11.9. The van der Waals surface area contributed by atoms with Gasteiger partial charge in [-0.1, -0.05) is 6.92 Å². The van der Waals surface area contributed by atoms with Crippen LogP contribution in [-0.4, -0.2) is 29.6 Å². The predicted octanol–water partition coefficient (Wildman–Crippen LogP) is 1.15. The lowest BCUT2D eigenvalue weighted by molar-refractivity contribution is -0.384. The van der Waals surface area contributed by atoms with E-state index < -0.39 is 4.92 Å². The number of ether oxygens (including phenoxy) is 1. The van der Waals surface area contributed by atoms with Crippen molar-refractivity contribution < 1.29 is 9.66 Å². The number of rotatable bonds is 6. The van der Waals surface area contributed by atoms with Crippen LogP contribution in [0.4, 0.5) is 11.5 Å². The first-order valence-electron chi connectivity index (χ1n) is 5.28. The summed E-state index contributed by atoms with van der Waals surface area (Å²) in [5.41, 5.74) is 5.45. The van der Waals surface area contributed by atoms with Gasteiger partial charge < -0.3 is 15.8 Å². The second-order valence-electron chi connectivity index (χ2n) is 3.46. The summed E-state index contributed by atoms with van der Waals surface area (Å²) in [4.78, 5) is 14.4. The smallest absolute Gasteiger partial charge is 0.311 e. The lowest BCUT2D eigenvalue weighted by atomic mass is 10.2. The van der Waals surface area contributed by atoms with Gasteiger partial charge in [-0.25, -0.2) is 0 Å². The Morgan fingerprint density at radius 2 is 2.35 bits per heavy atom. The van der Waals surface area contributed by atoms with Crippen molar-refractivity contribution in [2.24, 2.45) is 5.73 Å². The number of nitrogens with one attached hydrogen (secondary N) is 1. The Morgan fingerprint density at radius 3 is 2.82 bits per heavy atom. The molecule has 1 atom stereocenters. The highest BCUT2D eigenvalue weighted by Gasteiger charge is 2.18. The van der Waals surface area contributed by atoms with Crippen LogP contribution in [0.15, 0.2) is 12.1 Å². The Kier molecular flexibility index (Phi) is 4.65. The fourth-order valence-electron chi connectivity index (χ4n) is 1.32. The van der Waals surface area contributed by atoms with Gasteiger partial charge in [-0.3, -0.25) is 10.1 Å². The number of nitrogens with zero attached hydrogens (tertiary/aromatic N) is 2. The molecule has 1 aromatic heterocycles. The third-order valence-electron chi connectivity index (χ3n) is 2.37. The molecule has 3 N–H and O–H groups in total. The topological polar surface area (TPSA) is 103 Å². The molecule has 0 aliphatic carbocycles. The van der Waals surface area contributed by atoms with Gasteiger partial charge in [0.15, 0.2) is 0 Å². The molecule has 17 heavy (non-hydrogen) atoms. The molecule has 7 heteroatoms. The fourth-order valence-corrected chi connectivity index (χ4v) is 1.32. The Balaban J connectivity index is 3.04. The minimum Gasteiger partial charge on any atom is -0.481 e. The molecule has 1 unspecified atom stereocenters. The van der Waals surface area contributed by atoms with E-state index in [4.69, 9.17) is 10.5 Å². The van der Waals surface area contributed by atoms with Gasteiger partial charge in [-0.05, 0) is 6.42 Å². The molecule has 1 rings (SSSR count). The number of hydrogen-bond acceptors (Lipinski definition) is 6. The number of aromatic nitrogens is 1. The van der Waals surface area contributed by atoms with Gasteiger partial charge in [-0.15, -0.1) is 0 Å². The van der Waals surface area contributed by atoms with E-state index in [2.05, 4.69) is 10.3 Å². The maximum atomic E-state index is 10.8. The number of pyridine rings is 1. The molecule has 0 amide bonds. The highest BCUT2D eigenvalue weighted by atomic mass is 16.6. The minimum atomic E-state index is -0.488. The number of nitrogens with two attached hydrogens (primary N) is 1. The van der Waals surface area contributed by atoms with Crippen molar-refractivity contribution in [1.82, 2.24) is 4.98 Å². The number of hydrogen-bond donors (Lipinski definition) is 2. The van der Waals surface area contributed by atoms with Crippen LogP contribution in [0.2, 0.25) is 0 Å². The summed E-state index contributed by atoms with van der Waals surface area (Å²) in [5.74, 6) is 0.511. The van der Waals surface area contributed by atoms with Crippen molar-refractivity contribution in [3.05, 3.63) is 22.2 Å². The van der Waals surface area contributed by atoms with Gasteiger partial charge in [0.05, 0.1) is 12.0 Å². The van der Waals surface area contributed by atoms with Crippen molar-refractivity contribution in [2.75, 3.05) is 19.0 Å². The second-order valence-corrected chi connectivity index (χ2v) is 3.46. The van der Waals surface area contributed by atoms with E-state index in [1.54, 1.807) is 0 Å². The molecule has 0 saturated heterocycles. The van der Waals surface area contributed by atoms with Crippen LogP contribution in [0.25, 0.3) is 0 Å². The Morgan fingerprint density at radius 1 is 1.65 bits per heavy atom. The monoisotopic (exact) mass is 240 g/mol. The molecule has 1 aromatic rings. The van der Waals surface area contributed by atoms with Gasteiger partial charge in [0.1, 0.15) is 0 Å². The molecule has 0 saturated carbocycles. The van der Waals surface area contributed by atoms with Crippen LogP contribution in [0.3, 0.4) is 0 Å². The van der Waals surface area contributed by atoms with Crippen molar-refractivity contribution in [2.45, 2.75) is 19.4 Å². The van der Waals surface area contributed by atoms with Crippen LogP contribution in [0, 0.1) is 10.1 Å². The van der Waals surface area contributed by atoms with Crippen LogP contribution in [0.1, 0.15) is 13.3 Å². The molecule has 1 heterocycles. The van der Waals surface area contributed by atoms with Crippen molar-refractivity contribution in [1.29, 1.82) is 0 Å². The lowest BCUT2D eigenvalue weighted by Gasteiger charge is -2.15. The molecule has 0 spiro atoms. The third kappa shape index (κ3) is 3.28. The standard InChI is InChI=1S/C10H16N4O3/c1-3-7(6-11)12-10-8(14(15)16)4-5-9(13-10)17-2/h4-5,7H,3,6,11H2,1-2H3,(H,12,13). The van der Waals surface area contributed by atoms with Crippen molar-refractivity contribution in [3.63, 3.8) is 0 Å². The van der Waals surface area contributed by atoms with Gasteiger partial charge in [0.2, 0.25) is 11.7 Å². The Bertz CT molecular complexity index is 393. The van der Waals surface area contributed by atoms with E-state index in [1.165, 1.54) is 19.2 Å². The summed E-state index contributed by atoms with van der Waals surface area (Å²) < 4.78 is 4.93. The summed E-state index contributed by atoms with van der Waals surface area (Å²) >= 11 is 0. The number of anilines is 1. The first-order chi connectivity index (χ1) is 8.12. The van der Waals surface area contributed by atoms with Crippen LogP contribution >= 0.6 is 0 Å². The Labute approximate surface area is 99.1 Å². The average molecular weight is 240 g/mol. The molecule has 7 nitrogen and oxygen atoms in total. The maximum absolute atomic E-state index is 10.8. The summed E-state index contributed by atoms with van der Waals surface area (Å²) in [6, 6.07) is 2.76. The van der Waals surface area contributed by atoms with E-state index in [0.717, 1.165) is 6.42 Å². The van der Waals surface area contributed by atoms with E-state index in [9.17, 15) is 10.1 Å². The molecule has 0 bridgehead atoms. The van der Waals surface area contributed by atoms with E-state index in [-0.39, 0.29) is 17.5 Å². The third-order valence-corrected chi connectivity index (χ3v) is 2.37. The predicted molar refractivity (Wildman–Crippen MR) is 64.2 cm³/mol. The zero-order valence-corrected chi connectivity index (χ0v) is 9.84. The zero-order chi connectivity index (χ0) is 12.8. The first-order valence-corrected chi connectivity index (χ1v) is 5.28. The highest BCUT2D eigenvalue weighted by Crippen LogP contribution is 2.25. The van der Waals surface area contributed by atoms with Crippen molar-refractivity contribution >= 4 is 11.5 Å². The molecular formula is C10H16N4O3. The van der Waals surface area contributed by atoms with Gasteiger partial charge in [0, 0.05) is 24.7 Å². The van der Waals surface area contributed by atoms with Crippen LogP contribution in [-0.2, 0) is 0 Å². The van der Waals surface area contributed by atoms with Crippen molar-refractivity contribution in [3.8, 4) is 5.88 Å². The molecular weight excluding hydrogens is 224 g/mol. The number of nitro groups is 1. The molecule has 0 aliphatic rings. The summed E-state index contributed by atoms with van der Waals surface area (Å²) in [6.07, 6.45) is 0.756. The van der Waals surface area contributed by atoms with Gasteiger partial charge >= 0.3 is 5.69 Å². The minimum absolute atomic E-state index is 0.0479. The summed E-state index contributed by atoms with van der Waals surface area (Å²) in [5, 5.41) is 13.8. The molecule has 94 valence electrons. The molecule has 0 aromatic carbocycles. The Hall–Kier alpha value is -1.89. The second kappa shape index (κ2) is 6.00. The van der Waals surface area contributed by atoms with Gasteiger partial charge in [0.25, 0.3) is 0 Å². The van der Waals surface area contributed by atoms with Crippen LogP contribution < -0.4 is 15.8 Å². The first kappa shape index (κ1) is 13.2. The molecule has 0 fully saturated rings. The lowest BCUT2D eigenvalue weighted by Crippen LogP contribution is -2.28. The van der Waals surface area contributed by atoms with Gasteiger partial charge in [-0.2, -0.15) is 4.98 Å². The molecule has 0 radical (unpaired) electrons. The quantitative estimate of drug-likeness (QED) is 0.571. The highest BCUT2D eigenvalue weighted by molar-refractivity contribution is 5.57.